The van der Waals surface area contributed by atoms with E-state index in [1.54, 1.807) is 0 Å². The van der Waals surface area contributed by atoms with Crippen LogP contribution in [-0.4, -0.2) is 23.2 Å². The lowest BCUT2D eigenvalue weighted by Gasteiger charge is -2.33. The minimum atomic E-state index is -5.06. The van der Waals surface area contributed by atoms with E-state index in [9.17, 15) is 23.2 Å². The van der Waals surface area contributed by atoms with E-state index in [2.05, 4.69) is 0 Å². The molecule has 3 rings (SSSR count). The summed E-state index contributed by atoms with van der Waals surface area (Å²) in [5, 5.41) is 20.4. The first kappa shape index (κ1) is 22.0. The Hall–Kier alpha value is -1.67. The van der Waals surface area contributed by atoms with Gasteiger partial charge in [-0.25, -0.2) is 0 Å². The predicted molar refractivity (Wildman–Crippen MR) is 114 cm³/mol. The van der Waals surface area contributed by atoms with Crippen molar-refractivity contribution in [1.29, 1.82) is 0 Å². The quantitative estimate of drug-likeness (QED) is 0.239. The summed E-state index contributed by atoms with van der Waals surface area (Å²) < 4.78 is 33.9. The maximum Gasteiger partial charge on any atom is 0.283 e. The molecular weight excluding hydrogens is 482 g/mol. The molecule has 0 saturated carbocycles. The molecule has 0 heterocycles. The van der Waals surface area contributed by atoms with Gasteiger partial charge in [0.1, 0.15) is 11.5 Å². The van der Waals surface area contributed by atoms with Crippen LogP contribution < -0.4 is 0 Å². The fraction of sp³-hybridized carbons (Fsp3) is 0.0526. The van der Waals surface area contributed by atoms with Crippen LogP contribution in [0.25, 0.3) is 0 Å². The van der Waals surface area contributed by atoms with Crippen molar-refractivity contribution in [3.05, 3.63) is 91.4 Å². The fourth-order valence-electron chi connectivity index (χ4n) is 3.18. The Bertz CT molecular complexity index is 1190. The van der Waals surface area contributed by atoms with E-state index in [-0.39, 0.29) is 36.8 Å². The highest BCUT2D eigenvalue weighted by atomic mass is 35.5. The van der Waals surface area contributed by atoms with Gasteiger partial charge in [-0.3, -0.25) is 4.55 Å². The molecule has 5 nitrogen and oxygen atoms in total. The molecule has 0 bridgehead atoms. The van der Waals surface area contributed by atoms with Crippen LogP contribution in [0.2, 0.25) is 20.1 Å². The van der Waals surface area contributed by atoms with Gasteiger partial charge in [0.05, 0.1) is 20.1 Å². The van der Waals surface area contributed by atoms with Crippen molar-refractivity contribution in [1.82, 2.24) is 0 Å². The van der Waals surface area contributed by atoms with Gasteiger partial charge in [-0.2, -0.15) is 8.42 Å². The molecule has 152 valence electrons. The SMILES string of the molecule is O=S(=O)(O)C(c1ccc(Cl)c(O)c1)(c1cc(Cl)c(Cl)c(Cl)c1)c1ccccc1O. The number of benzene rings is 3. The van der Waals surface area contributed by atoms with Crippen molar-refractivity contribution in [2.24, 2.45) is 0 Å². The molecule has 0 spiro atoms. The number of hydrogen-bond acceptors (Lipinski definition) is 4. The summed E-state index contributed by atoms with van der Waals surface area (Å²) in [6.45, 7) is 0. The van der Waals surface area contributed by atoms with Crippen LogP contribution in [0.3, 0.4) is 0 Å². The zero-order chi connectivity index (χ0) is 21.6. The first-order valence-corrected chi connectivity index (χ1v) is 10.8. The van der Waals surface area contributed by atoms with Crippen molar-refractivity contribution < 1.29 is 23.2 Å². The van der Waals surface area contributed by atoms with Crippen LogP contribution in [0.15, 0.2) is 54.6 Å². The Balaban J connectivity index is 2.58. The van der Waals surface area contributed by atoms with Crippen LogP contribution in [-0.2, 0) is 14.9 Å². The Morgan fingerprint density at radius 1 is 0.724 bits per heavy atom. The van der Waals surface area contributed by atoms with Crippen molar-refractivity contribution in [3.8, 4) is 11.5 Å². The van der Waals surface area contributed by atoms with E-state index in [0.717, 1.165) is 6.07 Å². The molecule has 0 amide bonds. The number of aromatic hydroxyl groups is 2. The molecule has 0 saturated heterocycles. The number of halogens is 4. The van der Waals surface area contributed by atoms with E-state index in [0.29, 0.717) is 0 Å². The summed E-state index contributed by atoms with van der Waals surface area (Å²) in [7, 11) is -5.06. The second-order valence-electron chi connectivity index (χ2n) is 6.09. The molecule has 3 aromatic carbocycles. The van der Waals surface area contributed by atoms with Crippen LogP contribution in [0.4, 0.5) is 0 Å². The molecule has 3 aromatic rings. The van der Waals surface area contributed by atoms with Crippen LogP contribution in [0.1, 0.15) is 16.7 Å². The molecule has 0 aliphatic carbocycles. The third-order valence-electron chi connectivity index (χ3n) is 4.41. The number of hydrogen-bond donors (Lipinski definition) is 3. The second-order valence-corrected chi connectivity index (χ2v) is 9.26. The average molecular weight is 494 g/mol. The maximum absolute atomic E-state index is 12.9. The fourth-order valence-corrected chi connectivity index (χ4v) is 5.18. The predicted octanol–water partition coefficient (Wildman–Crippen LogP) is 5.89. The molecular formula is C19H12Cl4O5S. The smallest absolute Gasteiger partial charge is 0.283 e. The summed E-state index contributed by atoms with van der Waals surface area (Å²) in [5.74, 6) is -0.861. The molecule has 1 unspecified atom stereocenters. The van der Waals surface area contributed by atoms with Crippen LogP contribution in [0.5, 0.6) is 11.5 Å². The molecule has 0 aliphatic heterocycles. The highest BCUT2D eigenvalue weighted by Crippen LogP contribution is 2.50. The molecule has 0 aliphatic rings. The third kappa shape index (κ3) is 3.65. The minimum Gasteiger partial charge on any atom is -0.508 e. The van der Waals surface area contributed by atoms with E-state index < -0.39 is 26.4 Å². The molecule has 29 heavy (non-hydrogen) atoms. The lowest BCUT2D eigenvalue weighted by molar-refractivity contribution is 0.439. The molecule has 0 fully saturated rings. The largest absolute Gasteiger partial charge is 0.508 e. The van der Waals surface area contributed by atoms with E-state index in [4.69, 9.17) is 46.4 Å². The summed E-state index contributed by atoms with van der Waals surface area (Å²) >= 11 is 24.1. The van der Waals surface area contributed by atoms with Crippen molar-refractivity contribution in [3.63, 3.8) is 0 Å². The van der Waals surface area contributed by atoms with Gasteiger partial charge in [0.25, 0.3) is 10.1 Å². The standard InChI is InChI=1S/C19H12Cl4O5S/c20-13-6-5-10(9-17(13)25)19(29(26,27)28,12-3-1-2-4-16(12)24)11-7-14(21)18(23)15(22)8-11/h1-9,24-25H,(H,26,27,28). The number of rotatable bonds is 4. The zero-order valence-electron chi connectivity index (χ0n) is 14.3. The van der Waals surface area contributed by atoms with Gasteiger partial charge in [0.15, 0.2) is 4.75 Å². The minimum absolute atomic E-state index is 0.0161. The first-order chi connectivity index (χ1) is 13.5. The van der Waals surface area contributed by atoms with Gasteiger partial charge in [-0.1, -0.05) is 70.7 Å². The Labute approximate surface area is 186 Å². The summed E-state index contributed by atoms with van der Waals surface area (Å²) in [4.78, 5) is 0. The van der Waals surface area contributed by atoms with E-state index >= 15 is 0 Å². The Morgan fingerprint density at radius 2 is 1.31 bits per heavy atom. The highest BCUT2D eigenvalue weighted by molar-refractivity contribution is 7.87. The molecule has 3 N–H and O–H groups in total. The monoisotopic (exact) mass is 492 g/mol. The zero-order valence-corrected chi connectivity index (χ0v) is 18.1. The van der Waals surface area contributed by atoms with Gasteiger partial charge in [-0.15, -0.1) is 0 Å². The van der Waals surface area contributed by atoms with Crippen molar-refractivity contribution >= 4 is 56.5 Å². The van der Waals surface area contributed by atoms with Gasteiger partial charge < -0.3 is 10.2 Å². The lowest BCUT2D eigenvalue weighted by Crippen LogP contribution is -2.38. The highest BCUT2D eigenvalue weighted by Gasteiger charge is 2.50. The second kappa shape index (κ2) is 7.87. The number of para-hydroxylation sites is 1. The van der Waals surface area contributed by atoms with Crippen molar-refractivity contribution in [2.75, 3.05) is 0 Å². The first-order valence-electron chi connectivity index (χ1n) is 7.89. The van der Waals surface area contributed by atoms with Gasteiger partial charge >= 0.3 is 0 Å². The average Bonchev–Trinajstić information content (AvgIpc) is 2.63. The topological polar surface area (TPSA) is 94.8 Å². The molecule has 0 radical (unpaired) electrons. The maximum atomic E-state index is 12.9. The van der Waals surface area contributed by atoms with Gasteiger partial charge in [0.2, 0.25) is 0 Å². The van der Waals surface area contributed by atoms with Crippen LogP contribution >= 0.6 is 46.4 Å². The number of phenols is 2. The van der Waals surface area contributed by atoms with Gasteiger partial charge in [0, 0.05) is 5.56 Å². The van der Waals surface area contributed by atoms with E-state index in [1.165, 1.54) is 48.5 Å². The Kier molecular flexibility index (Phi) is 5.98. The van der Waals surface area contributed by atoms with Gasteiger partial charge in [-0.05, 0) is 41.5 Å². The molecule has 1 atom stereocenters. The summed E-state index contributed by atoms with van der Waals surface area (Å²) in [5.41, 5.74) is -0.417. The molecule has 0 aromatic heterocycles. The molecule has 10 heteroatoms. The lowest BCUT2D eigenvalue weighted by atomic mass is 9.83. The number of phenolic OH excluding ortho intramolecular Hbond substituents is 2. The van der Waals surface area contributed by atoms with Crippen molar-refractivity contribution in [2.45, 2.75) is 4.75 Å². The van der Waals surface area contributed by atoms with E-state index in [1.807, 2.05) is 0 Å². The normalized spacial score (nSPS) is 13.8. The summed E-state index contributed by atoms with van der Waals surface area (Å²) in [6.07, 6.45) is 0. The Morgan fingerprint density at radius 3 is 1.83 bits per heavy atom. The third-order valence-corrected chi connectivity index (χ3v) is 7.39. The van der Waals surface area contributed by atoms with Crippen LogP contribution in [0, 0.1) is 0 Å². The summed E-state index contributed by atoms with van der Waals surface area (Å²) in [6, 6.07) is 11.6.